The molecule has 0 aliphatic carbocycles. The summed E-state index contributed by atoms with van der Waals surface area (Å²) in [7, 11) is 0. The van der Waals surface area contributed by atoms with Gasteiger partial charge in [-0.15, -0.1) is 0 Å². The van der Waals surface area contributed by atoms with Gasteiger partial charge in [0.05, 0.1) is 49.9 Å². The average Bonchev–Trinajstić information content (AvgIpc) is 3.55. The fourth-order valence-corrected chi connectivity index (χ4v) is 6.74. The molecular formula is C31H44N6O5S. The number of nitrogens with zero attached hydrogens (tertiary/aromatic N) is 2. The topological polar surface area (TPSA) is 144 Å². The molecule has 4 N–H and O–H groups in total. The summed E-state index contributed by atoms with van der Waals surface area (Å²) in [6.45, 7) is 4.68. The third kappa shape index (κ3) is 11.4. The normalized spacial score (nSPS) is 19.0. The van der Waals surface area contributed by atoms with Gasteiger partial charge in [0.15, 0.2) is 0 Å². The lowest BCUT2D eigenvalue weighted by atomic mass is 10.0. The number of rotatable bonds is 19. The summed E-state index contributed by atoms with van der Waals surface area (Å²) < 4.78 is 11.0. The number of ether oxygens (including phenoxy) is 2. The number of hydrogen-bond acceptors (Lipinski definition) is 8. The predicted octanol–water partition coefficient (Wildman–Crippen LogP) is 2.77. The second-order valence-corrected chi connectivity index (χ2v) is 12.2. The van der Waals surface area contributed by atoms with E-state index in [0.717, 1.165) is 60.4 Å². The summed E-state index contributed by atoms with van der Waals surface area (Å²) in [5, 5.41) is 12.2. The Morgan fingerprint density at radius 2 is 1.58 bits per heavy atom. The van der Waals surface area contributed by atoms with E-state index in [2.05, 4.69) is 31.2 Å². The Balaban J connectivity index is 0.919. The highest BCUT2D eigenvalue weighted by Gasteiger charge is 2.42. The molecule has 0 spiro atoms. The van der Waals surface area contributed by atoms with Crippen molar-refractivity contribution >= 4 is 29.6 Å². The molecule has 0 bridgehead atoms. The third-order valence-corrected chi connectivity index (χ3v) is 8.97. The van der Waals surface area contributed by atoms with Crippen molar-refractivity contribution in [2.75, 3.05) is 45.3 Å². The first-order chi connectivity index (χ1) is 21.0. The number of carbonyl (C=O) groups is 3. The van der Waals surface area contributed by atoms with Crippen molar-refractivity contribution in [2.24, 2.45) is 0 Å². The Bertz CT molecular complexity index is 1200. The first-order valence-corrected chi connectivity index (χ1v) is 16.3. The molecule has 4 amide bonds. The molecule has 0 radical (unpaired) electrons. The SMILES string of the molecule is Cc1ccnc(-c2cc(CCCC(=O)NCCOCCOCCNC(=O)CCCCC3SCC4NC(=O)NC43)ccn2)c1. The molecule has 0 saturated carbocycles. The molecule has 3 atom stereocenters. The van der Waals surface area contributed by atoms with Crippen LogP contribution in [-0.4, -0.2) is 90.4 Å². The van der Waals surface area contributed by atoms with Crippen LogP contribution in [0.2, 0.25) is 0 Å². The summed E-state index contributed by atoms with van der Waals surface area (Å²) >= 11 is 1.90. The van der Waals surface area contributed by atoms with Gasteiger partial charge in [-0.3, -0.25) is 19.6 Å². The van der Waals surface area contributed by atoms with Gasteiger partial charge in [-0.1, -0.05) is 6.42 Å². The Labute approximate surface area is 258 Å². The van der Waals surface area contributed by atoms with E-state index < -0.39 is 0 Å². The van der Waals surface area contributed by atoms with Crippen molar-refractivity contribution < 1.29 is 23.9 Å². The van der Waals surface area contributed by atoms with E-state index >= 15 is 0 Å². The van der Waals surface area contributed by atoms with Gasteiger partial charge in [-0.25, -0.2) is 4.79 Å². The monoisotopic (exact) mass is 612 g/mol. The zero-order valence-corrected chi connectivity index (χ0v) is 25.8. The van der Waals surface area contributed by atoms with Gasteiger partial charge in [-0.2, -0.15) is 11.8 Å². The molecular weight excluding hydrogens is 568 g/mol. The molecule has 11 nitrogen and oxygen atoms in total. The van der Waals surface area contributed by atoms with Crippen LogP contribution in [0.1, 0.15) is 49.7 Å². The third-order valence-electron chi connectivity index (χ3n) is 7.46. The molecule has 2 aliphatic heterocycles. The number of nitrogens with one attached hydrogen (secondary N) is 4. The molecule has 12 heteroatoms. The quantitative estimate of drug-likeness (QED) is 0.140. The van der Waals surface area contributed by atoms with Crippen molar-refractivity contribution in [1.29, 1.82) is 0 Å². The van der Waals surface area contributed by atoms with Gasteiger partial charge in [0, 0.05) is 49.3 Å². The molecule has 2 saturated heterocycles. The summed E-state index contributed by atoms with van der Waals surface area (Å²) in [4.78, 5) is 44.5. The number of carbonyl (C=O) groups excluding carboxylic acids is 3. The number of thioether (sulfide) groups is 1. The van der Waals surface area contributed by atoms with Crippen LogP contribution in [-0.2, 0) is 25.5 Å². The second-order valence-electron chi connectivity index (χ2n) is 10.9. The Morgan fingerprint density at radius 1 is 0.907 bits per heavy atom. The van der Waals surface area contributed by atoms with Gasteiger partial charge < -0.3 is 30.7 Å². The van der Waals surface area contributed by atoms with E-state index in [1.165, 1.54) is 0 Å². The second kappa shape index (κ2) is 17.8. The average molecular weight is 613 g/mol. The van der Waals surface area contributed by atoms with Gasteiger partial charge >= 0.3 is 6.03 Å². The van der Waals surface area contributed by atoms with Gasteiger partial charge in [0.2, 0.25) is 11.8 Å². The number of hydrogen-bond donors (Lipinski definition) is 4. The number of amides is 4. The highest BCUT2D eigenvalue weighted by Crippen LogP contribution is 2.33. The lowest BCUT2D eigenvalue weighted by molar-refractivity contribution is -0.122. The molecule has 2 aromatic heterocycles. The maximum absolute atomic E-state index is 12.1. The van der Waals surface area contributed by atoms with Crippen LogP contribution in [0.5, 0.6) is 0 Å². The lowest BCUT2D eigenvalue weighted by Crippen LogP contribution is -2.36. The van der Waals surface area contributed by atoms with Crippen LogP contribution in [0.25, 0.3) is 11.4 Å². The number of pyridine rings is 2. The first kappa shape index (κ1) is 32.7. The minimum Gasteiger partial charge on any atom is -0.377 e. The first-order valence-electron chi connectivity index (χ1n) is 15.2. The molecule has 4 heterocycles. The summed E-state index contributed by atoms with van der Waals surface area (Å²) in [6.07, 6.45) is 8.89. The van der Waals surface area contributed by atoms with Crippen LogP contribution in [0.4, 0.5) is 4.79 Å². The van der Waals surface area contributed by atoms with Crippen LogP contribution >= 0.6 is 11.8 Å². The number of unbranched alkanes of at least 4 members (excludes halogenated alkanes) is 1. The van der Waals surface area contributed by atoms with Gasteiger partial charge in [-0.05, 0) is 68.0 Å². The molecule has 0 aromatic carbocycles. The maximum Gasteiger partial charge on any atom is 0.315 e. The minimum absolute atomic E-state index is 0.0101. The summed E-state index contributed by atoms with van der Waals surface area (Å²) in [5.74, 6) is 1.00. The van der Waals surface area contributed by atoms with Crippen molar-refractivity contribution in [2.45, 2.75) is 69.2 Å². The number of aromatic nitrogens is 2. The van der Waals surface area contributed by atoms with E-state index in [-0.39, 0.29) is 29.9 Å². The van der Waals surface area contributed by atoms with E-state index in [4.69, 9.17) is 9.47 Å². The van der Waals surface area contributed by atoms with E-state index in [1.54, 1.807) is 12.4 Å². The molecule has 234 valence electrons. The van der Waals surface area contributed by atoms with Crippen molar-refractivity contribution in [3.05, 3.63) is 47.8 Å². The molecule has 2 aliphatic rings. The predicted molar refractivity (Wildman–Crippen MR) is 167 cm³/mol. The maximum atomic E-state index is 12.1. The number of fused-ring (bicyclic) bond motifs is 1. The van der Waals surface area contributed by atoms with E-state index in [0.29, 0.717) is 57.6 Å². The van der Waals surface area contributed by atoms with Gasteiger partial charge in [0.25, 0.3) is 0 Å². The largest absolute Gasteiger partial charge is 0.377 e. The summed E-state index contributed by atoms with van der Waals surface area (Å²) in [6, 6.07) is 8.39. The van der Waals surface area contributed by atoms with E-state index in [1.807, 2.05) is 43.0 Å². The smallest absolute Gasteiger partial charge is 0.315 e. The summed E-state index contributed by atoms with van der Waals surface area (Å²) in [5.41, 5.74) is 3.97. The van der Waals surface area contributed by atoms with Crippen molar-refractivity contribution in [3.8, 4) is 11.4 Å². The Kier molecular flexibility index (Phi) is 13.5. The standard InChI is InChI=1S/C31H44N6O5S/c1-22-9-11-32-24(19-22)25-20-23(10-12-33-25)5-4-8-29(39)35-14-16-42-18-17-41-15-13-34-28(38)7-3-2-6-27-30-26(21-43-27)36-31(40)37-30/h9-12,19-20,26-27,30H,2-8,13-18,21H2,1H3,(H,34,38)(H,35,39)(H2,36,37,40). The molecule has 2 aromatic rings. The van der Waals surface area contributed by atoms with Crippen LogP contribution in [0, 0.1) is 6.92 Å². The number of urea groups is 1. The van der Waals surface area contributed by atoms with E-state index in [9.17, 15) is 14.4 Å². The van der Waals surface area contributed by atoms with Crippen molar-refractivity contribution in [3.63, 3.8) is 0 Å². The minimum atomic E-state index is -0.0618. The zero-order chi connectivity index (χ0) is 30.3. The fraction of sp³-hybridized carbons (Fsp3) is 0.581. The molecule has 3 unspecified atom stereocenters. The fourth-order valence-electron chi connectivity index (χ4n) is 5.20. The molecule has 4 rings (SSSR count). The van der Waals surface area contributed by atoms with Crippen LogP contribution in [0.3, 0.4) is 0 Å². The van der Waals surface area contributed by atoms with Gasteiger partial charge in [0.1, 0.15) is 0 Å². The zero-order valence-electron chi connectivity index (χ0n) is 24.9. The molecule has 43 heavy (non-hydrogen) atoms. The molecule has 2 fully saturated rings. The van der Waals surface area contributed by atoms with Crippen molar-refractivity contribution in [1.82, 2.24) is 31.2 Å². The highest BCUT2D eigenvalue weighted by atomic mass is 32.2. The van der Waals surface area contributed by atoms with Crippen LogP contribution < -0.4 is 21.3 Å². The Morgan fingerprint density at radius 3 is 2.30 bits per heavy atom. The lowest BCUT2D eigenvalue weighted by Gasteiger charge is -2.16. The van der Waals surface area contributed by atoms with Crippen LogP contribution in [0.15, 0.2) is 36.7 Å². The highest BCUT2D eigenvalue weighted by molar-refractivity contribution is 8.00. The number of aryl methyl sites for hydroxylation is 2. The Hall–Kier alpha value is -3.22.